The summed E-state index contributed by atoms with van der Waals surface area (Å²) in [7, 11) is 3.16. The molecule has 1 saturated heterocycles. The molecular weight excluding hydrogens is 967 g/mol. The number of rotatable bonds is 6. The number of thioether (sulfide) groups is 1. The average Bonchev–Trinajstić information content (AvgIpc) is 3.09. The molecule has 16 unspecified atom stereocenters. The molecule has 79 heavy (non-hydrogen) atoms. The number of fused-ring (bicyclic) bond motifs is 10. The summed E-state index contributed by atoms with van der Waals surface area (Å²) in [4.78, 5) is 1.61. The molecule has 3 heteroatoms. The van der Waals surface area contributed by atoms with Gasteiger partial charge in [-0.2, -0.15) is 0 Å². The maximum absolute atomic E-state index is 3.28. The second kappa shape index (κ2) is 20.7. The van der Waals surface area contributed by atoms with Crippen molar-refractivity contribution >= 4 is 25.8 Å². The fourth-order valence-corrected chi connectivity index (χ4v) is 24.7. The molecule has 4 aliphatic heterocycles. The van der Waals surface area contributed by atoms with Crippen molar-refractivity contribution in [1.82, 2.24) is 0 Å². The third-order valence-corrected chi connectivity index (χ3v) is 27.5. The second-order valence-corrected chi connectivity index (χ2v) is 30.8. The van der Waals surface area contributed by atoms with Crippen LogP contribution in [-0.4, -0.2) is 19.1 Å². The summed E-state index contributed by atoms with van der Waals surface area (Å²) >= 11 is 2.31. The van der Waals surface area contributed by atoms with Crippen molar-refractivity contribution in [1.29, 1.82) is 0 Å². The summed E-state index contributed by atoms with van der Waals surface area (Å²) in [6.07, 6.45) is 64.7. The van der Waals surface area contributed by atoms with E-state index in [0.29, 0.717) is 81.7 Å². The van der Waals surface area contributed by atoms with Gasteiger partial charge in [-0.3, -0.25) is 0 Å². The first-order chi connectivity index (χ1) is 39.2. The van der Waals surface area contributed by atoms with Crippen LogP contribution in [0.25, 0.3) is 0 Å². The molecule has 0 amide bonds. The maximum atomic E-state index is 3.28. The Hall–Kier alpha value is -3.42. The Bertz CT molecular complexity index is 2970. The minimum atomic E-state index is 0.528. The summed E-state index contributed by atoms with van der Waals surface area (Å²) in [6.45, 7) is 0.770. The quantitative estimate of drug-likeness (QED) is 0.205. The highest BCUT2D eigenvalue weighted by Gasteiger charge is 2.68. The summed E-state index contributed by atoms with van der Waals surface area (Å²) in [5, 5.41) is 0.551. The van der Waals surface area contributed by atoms with E-state index < -0.39 is 0 Å². The predicted molar refractivity (Wildman–Crippen MR) is 334 cm³/mol. The van der Waals surface area contributed by atoms with Gasteiger partial charge in [-0.25, -0.2) is 0 Å². The van der Waals surface area contributed by atoms with Gasteiger partial charge in [0.25, 0.3) is 0 Å². The zero-order valence-electron chi connectivity index (χ0n) is 48.0. The Kier molecular flexibility index (Phi) is 13.1. The van der Waals surface area contributed by atoms with Crippen LogP contribution in [-0.2, 0) is 0 Å². The molecular formula is C76H91B2S. The molecule has 2 aromatic carbocycles. The molecule has 0 N–H and O–H groups in total. The molecule has 4 heterocycles. The van der Waals surface area contributed by atoms with Crippen LogP contribution >= 0.6 is 11.8 Å². The Balaban J connectivity index is 0.902. The molecule has 0 spiro atoms. The standard InChI is InChI=1S/C76H91B2S/c1-7-23-46(24-8-1)53-40-57-56(48-27-11-3-12-28-48)39-52-35-19-21-37-65(52)78-74-61-45-60-58(44-59(61)68(50-31-15-5-16-32-50)63(42-53)71(57)75(74)78)67(49-29-13-4-14-30-49)62-41-54(47-25-9-2-10-26-47)43-64-69(51-33-17-6-18-34-51)72-55-36-20-22-38-66(55)79-76(72)77-73(60)70(62)64/h3,5,9,11-12,15,20-22,25,27-28,31,36-38,43-47,49,51-53,56,58,60,62-63,65,67-69,72-76H,1-2,4,6-8,10,13-14,16-19,23-24,26,29-30,32-35,39-42H2/t47?,52?,53?,56?,58?,60?,62?,63-,65?,67?,68?,69?,72?,73?,74?,75?,76?/m1/s1. The largest absolute Gasteiger partial charge is 0.163 e. The number of allylic oxidation sites excluding steroid dienone is 18. The fourth-order valence-electron chi connectivity index (χ4n) is 23.2. The van der Waals surface area contributed by atoms with Crippen molar-refractivity contribution in [3.8, 4) is 0 Å². The number of hydrogen-bond acceptors (Lipinski definition) is 1. The number of hydrogen-bond donors (Lipinski definition) is 0. The highest BCUT2D eigenvalue weighted by Crippen LogP contribution is 2.77. The summed E-state index contributed by atoms with van der Waals surface area (Å²) in [6, 6.07) is 22.2. The zero-order valence-corrected chi connectivity index (χ0v) is 48.8. The highest BCUT2D eigenvalue weighted by molar-refractivity contribution is 8.01. The fraction of sp³-hybridized carbons (Fsp3) is 0.605. The minimum Gasteiger partial charge on any atom is -0.131 e. The van der Waals surface area contributed by atoms with E-state index in [-0.39, 0.29) is 0 Å². The van der Waals surface area contributed by atoms with Crippen LogP contribution in [0.2, 0.25) is 23.3 Å². The van der Waals surface area contributed by atoms with Crippen LogP contribution in [0.4, 0.5) is 0 Å². The van der Waals surface area contributed by atoms with Crippen LogP contribution in [0, 0.1) is 76.9 Å². The topological polar surface area (TPSA) is 0 Å². The Morgan fingerprint density at radius 2 is 1.33 bits per heavy atom. The monoisotopic (exact) mass is 1060 g/mol. The van der Waals surface area contributed by atoms with Gasteiger partial charge >= 0.3 is 0 Å². The Morgan fingerprint density at radius 1 is 0.557 bits per heavy atom. The van der Waals surface area contributed by atoms with Crippen molar-refractivity contribution in [2.75, 3.05) is 0 Å². The number of benzene rings is 2. The van der Waals surface area contributed by atoms with Gasteiger partial charge in [-0.05, 0) is 217 Å². The molecule has 5 saturated carbocycles. The Labute approximate surface area is 482 Å². The Morgan fingerprint density at radius 3 is 2.13 bits per heavy atom. The lowest BCUT2D eigenvalue weighted by molar-refractivity contribution is 0.0947. The third-order valence-electron chi connectivity index (χ3n) is 26.2. The molecule has 17 atom stereocenters. The van der Waals surface area contributed by atoms with Gasteiger partial charge < -0.3 is 0 Å². The van der Waals surface area contributed by atoms with E-state index in [4.69, 9.17) is 0 Å². The minimum absolute atomic E-state index is 0.528. The van der Waals surface area contributed by atoms with E-state index in [1.807, 2.05) is 39.0 Å². The third kappa shape index (κ3) is 8.38. The molecule has 11 aliphatic carbocycles. The van der Waals surface area contributed by atoms with Gasteiger partial charge in [0, 0.05) is 16.7 Å². The van der Waals surface area contributed by atoms with Crippen LogP contribution in [0.5, 0.6) is 0 Å². The van der Waals surface area contributed by atoms with Crippen molar-refractivity contribution in [3.63, 3.8) is 0 Å². The normalized spacial score (nSPS) is 41.4. The van der Waals surface area contributed by atoms with E-state index in [2.05, 4.69) is 140 Å². The summed E-state index contributed by atoms with van der Waals surface area (Å²) < 4.78 is 0. The first kappa shape index (κ1) is 50.1. The van der Waals surface area contributed by atoms with E-state index in [1.54, 1.807) is 16.0 Å². The molecule has 6 fully saturated rings. The molecule has 1 radical (unpaired) electrons. The van der Waals surface area contributed by atoms with Gasteiger partial charge in [0.2, 0.25) is 0 Å². The van der Waals surface area contributed by atoms with Crippen molar-refractivity contribution < 1.29 is 0 Å². The lowest BCUT2D eigenvalue weighted by Crippen LogP contribution is -2.47. The first-order valence-electron chi connectivity index (χ1n) is 34.2. The molecule has 17 rings (SSSR count). The van der Waals surface area contributed by atoms with Gasteiger partial charge in [-0.15, -0.1) is 11.8 Å². The summed E-state index contributed by atoms with van der Waals surface area (Å²) in [5.74, 6) is 13.0. The van der Waals surface area contributed by atoms with Crippen LogP contribution in [0.1, 0.15) is 190 Å². The van der Waals surface area contributed by atoms with E-state index in [0.717, 1.165) is 42.2 Å². The molecule has 0 nitrogen and oxygen atoms in total. The van der Waals surface area contributed by atoms with E-state index in [1.165, 1.54) is 167 Å². The lowest BCUT2D eigenvalue weighted by Gasteiger charge is -2.55. The van der Waals surface area contributed by atoms with Crippen molar-refractivity contribution in [2.24, 2.45) is 76.9 Å². The summed E-state index contributed by atoms with van der Waals surface area (Å²) in [5.41, 5.74) is 18.9. The van der Waals surface area contributed by atoms with Crippen LogP contribution in [0.15, 0.2) is 165 Å². The average molecular weight is 1060 g/mol. The van der Waals surface area contributed by atoms with E-state index in [9.17, 15) is 0 Å². The highest BCUT2D eigenvalue weighted by atomic mass is 32.2. The van der Waals surface area contributed by atoms with Gasteiger partial charge in [0.05, 0.1) is 0 Å². The second-order valence-electron chi connectivity index (χ2n) is 29.6. The smallest absolute Gasteiger partial charge is 0.131 e. The molecule has 15 aliphatic rings. The molecule has 2 aromatic rings. The van der Waals surface area contributed by atoms with Gasteiger partial charge in [0.15, 0.2) is 6.71 Å². The van der Waals surface area contributed by atoms with E-state index >= 15 is 0 Å². The lowest BCUT2D eigenvalue weighted by atomic mass is 9.40. The predicted octanol–water partition coefficient (Wildman–Crippen LogP) is 20.4. The van der Waals surface area contributed by atoms with Crippen molar-refractivity contribution in [3.05, 3.63) is 171 Å². The van der Waals surface area contributed by atoms with Crippen LogP contribution in [0.3, 0.4) is 0 Å². The molecule has 0 bridgehead atoms. The van der Waals surface area contributed by atoms with Gasteiger partial charge in [0.1, 0.15) is 7.28 Å². The van der Waals surface area contributed by atoms with Crippen molar-refractivity contribution in [2.45, 2.75) is 212 Å². The SMILES string of the molecule is [B]1C2Sc3ccccc3C2C(C2CCCCC2)C2=C3C1C1C=C4C(=CC1C(C1CCCCC1)C3CC(C1C=CCCC1)=C2)C(C1=CC=CCC1)[C@H]1CC(C2CCCCC2)CC2=C1C1B(C3C=CCCC3CC2c2ccccc2)C41. The first-order valence-corrected chi connectivity index (χ1v) is 35.0. The maximum Gasteiger partial charge on any atom is 0.163 e. The zero-order chi connectivity index (χ0) is 51.7. The van der Waals surface area contributed by atoms with Crippen LogP contribution < -0.4 is 0 Å². The molecule has 0 aromatic heterocycles. The molecule has 407 valence electrons. The van der Waals surface area contributed by atoms with Gasteiger partial charge in [-0.1, -0.05) is 226 Å².